The highest BCUT2D eigenvalue weighted by atomic mass is 35.5. The van der Waals surface area contributed by atoms with Gasteiger partial charge in [-0.25, -0.2) is 4.39 Å². The molecular formula is C9H10ClFN2. The molecular weight excluding hydrogens is 191 g/mol. The van der Waals surface area contributed by atoms with Crippen molar-refractivity contribution in [1.29, 1.82) is 0 Å². The van der Waals surface area contributed by atoms with Gasteiger partial charge in [-0.1, -0.05) is 11.6 Å². The van der Waals surface area contributed by atoms with Crippen LogP contribution in [0, 0.1) is 5.82 Å². The molecule has 4 heteroatoms. The van der Waals surface area contributed by atoms with Crippen molar-refractivity contribution >= 4 is 23.0 Å². The van der Waals surface area contributed by atoms with Gasteiger partial charge in [0.2, 0.25) is 0 Å². The minimum absolute atomic E-state index is 0.155. The first-order valence-corrected chi connectivity index (χ1v) is 4.54. The summed E-state index contributed by atoms with van der Waals surface area (Å²) in [6.07, 6.45) is 0. The first-order chi connectivity index (χ1) is 6.16. The first kappa shape index (κ1) is 8.63. The Morgan fingerprint density at radius 2 is 2.23 bits per heavy atom. The van der Waals surface area contributed by atoms with Crippen LogP contribution in [0.1, 0.15) is 6.92 Å². The molecule has 0 fully saturated rings. The Morgan fingerprint density at radius 1 is 1.46 bits per heavy atom. The van der Waals surface area contributed by atoms with Crippen molar-refractivity contribution in [3.63, 3.8) is 0 Å². The molecule has 0 spiro atoms. The molecule has 1 aromatic rings. The van der Waals surface area contributed by atoms with Gasteiger partial charge in [0.25, 0.3) is 0 Å². The van der Waals surface area contributed by atoms with E-state index in [2.05, 4.69) is 10.6 Å². The molecule has 1 aliphatic rings. The molecule has 1 aliphatic heterocycles. The fourth-order valence-electron chi connectivity index (χ4n) is 1.39. The van der Waals surface area contributed by atoms with E-state index in [1.807, 2.05) is 6.92 Å². The molecule has 2 rings (SSSR count). The predicted molar refractivity (Wildman–Crippen MR) is 53.0 cm³/mol. The van der Waals surface area contributed by atoms with Crippen LogP contribution in [0.25, 0.3) is 0 Å². The lowest BCUT2D eigenvalue weighted by atomic mass is 10.1. The van der Waals surface area contributed by atoms with Crippen molar-refractivity contribution in [1.82, 2.24) is 0 Å². The molecule has 0 aliphatic carbocycles. The van der Waals surface area contributed by atoms with E-state index in [1.165, 1.54) is 6.07 Å². The van der Waals surface area contributed by atoms with Gasteiger partial charge in [-0.05, 0) is 13.0 Å². The molecule has 0 amide bonds. The summed E-state index contributed by atoms with van der Waals surface area (Å²) in [4.78, 5) is 0. The van der Waals surface area contributed by atoms with Crippen molar-refractivity contribution in [2.24, 2.45) is 0 Å². The van der Waals surface area contributed by atoms with Gasteiger partial charge in [-0.2, -0.15) is 0 Å². The number of hydrogen-bond acceptors (Lipinski definition) is 2. The van der Waals surface area contributed by atoms with Crippen molar-refractivity contribution in [2.75, 3.05) is 17.2 Å². The maximum atomic E-state index is 13.0. The maximum Gasteiger partial charge on any atom is 0.143 e. The van der Waals surface area contributed by atoms with Crippen molar-refractivity contribution in [2.45, 2.75) is 13.0 Å². The second-order valence-corrected chi connectivity index (χ2v) is 3.65. The zero-order chi connectivity index (χ0) is 9.42. The van der Waals surface area contributed by atoms with E-state index in [-0.39, 0.29) is 10.8 Å². The Bertz CT molecular complexity index is 341. The van der Waals surface area contributed by atoms with E-state index in [0.717, 1.165) is 17.9 Å². The SMILES string of the molecule is CC1CNc2cc(Cl)c(F)cc2N1. The van der Waals surface area contributed by atoms with Gasteiger partial charge in [0.05, 0.1) is 16.4 Å². The van der Waals surface area contributed by atoms with Crippen LogP contribution in [0.15, 0.2) is 12.1 Å². The summed E-state index contributed by atoms with van der Waals surface area (Å²) in [6.45, 7) is 2.86. The second kappa shape index (κ2) is 3.07. The third-order valence-corrected chi connectivity index (χ3v) is 2.35. The summed E-state index contributed by atoms with van der Waals surface area (Å²) in [5.41, 5.74) is 1.64. The number of rotatable bonds is 0. The highest BCUT2D eigenvalue weighted by Gasteiger charge is 2.15. The lowest BCUT2D eigenvalue weighted by Crippen LogP contribution is -2.30. The topological polar surface area (TPSA) is 24.1 Å². The lowest BCUT2D eigenvalue weighted by molar-refractivity contribution is 0.627. The standard InChI is InChI=1S/C9H10ClFN2/c1-5-4-12-8-2-6(10)7(11)3-9(8)13-5/h2-3,5,12-13H,4H2,1H3. The number of benzene rings is 1. The lowest BCUT2D eigenvalue weighted by Gasteiger charge is -2.25. The van der Waals surface area contributed by atoms with Gasteiger partial charge in [-0.15, -0.1) is 0 Å². The number of nitrogens with one attached hydrogen (secondary N) is 2. The van der Waals surface area contributed by atoms with Crippen LogP contribution in [0.5, 0.6) is 0 Å². The zero-order valence-corrected chi connectivity index (χ0v) is 7.95. The second-order valence-electron chi connectivity index (χ2n) is 3.24. The molecule has 0 aromatic heterocycles. The Labute approximate surface area is 81.1 Å². The third-order valence-electron chi connectivity index (χ3n) is 2.06. The monoisotopic (exact) mass is 200 g/mol. The molecule has 13 heavy (non-hydrogen) atoms. The van der Waals surface area contributed by atoms with Gasteiger partial charge in [0.15, 0.2) is 0 Å². The minimum Gasteiger partial charge on any atom is -0.381 e. The smallest absolute Gasteiger partial charge is 0.143 e. The average Bonchev–Trinajstić information content (AvgIpc) is 2.08. The number of anilines is 2. The summed E-state index contributed by atoms with van der Waals surface area (Å²) in [6, 6.07) is 3.33. The third kappa shape index (κ3) is 1.56. The summed E-state index contributed by atoms with van der Waals surface area (Å²) in [5, 5.41) is 6.49. The average molecular weight is 201 g/mol. The van der Waals surface area contributed by atoms with E-state index >= 15 is 0 Å². The fraction of sp³-hybridized carbons (Fsp3) is 0.333. The van der Waals surface area contributed by atoms with Crippen molar-refractivity contribution < 1.29 is 4.39 Å². The minimum atomic E-state index is -0.385. The van der Waals surface area contributed by atoms with Gasteiger partial charge >= 0.3 is 0 Å². The molecule has 0 saturated heterocycles. The van der Waals surface area contributed by atoms with Crippen LogP contribution in [0.2, 0.25) is 5.02 Å². The Balaban J connectivity index is 2.43. The molecule has 70 valence electrons. The number of hydrogen-bond donors (Lipinski definition) is 2. The normalized spacial score (nSPS) is 20.1. The molecule has 0 bridgehead atoms. The van der Waals surface area contributed by atoms with E-state index in [4.69, 9.17) is 11.6 Å². The van der Waals surface area contributed by atoms with E-state index in [9.17, 15) is 4.39 Å². The van der Waals surface area contributed by atoms with Gasteiger partial charge < -0.3 is 10.6 Å². The summed E-state index contributed by atoms with van der Waals surface area (Å²) >= 11 is 5.64. The quantitative estimate of drug-likeness (QED) is 0.673. The Kier molecular flexibility index (Phi) is 2.04. The van der Waals surface area contributed by atoms with Crippen LogP contribution >= 0.6 is 11.6 Å². The summed E-state index contributed by atoms with van der Waals surface area (Å²) in [5.74, 6) is -0.385. The molecule has 1 atom stereocenters. The van der Waals surface area contributed by atoms with E-state index in [1.54, 1.807) is 6.07 Å². The molecule has 1 heterocycles. The number of fused-ring (bicyclic) bond motifs is 1. The van der Waals surface area contributed by atoms with Crippen LogP contribution in [-0.2, 0) is 0 Å². The summed E-state index contributed by atoms with van der Waals surface area (Å²) in [7, 11) is 0. The molecule has 1 aromatic carbocycles. The van der Waals surface area contributed by atoms with Crippen LogP contribution in [-0.4, -0.2) is 12.6 Å². The highest BCUT2D eigenvalue weighted by Crippen LogP contribution is 2.31. The number of halogens is 2. The van der Waals surface area contributed by atoms with E-state index < -0.39 is 0 Å². The van der Waals surface area contributed by atoms with Crippen LogP contribution in [0.3, 0.4) is 0 Å². The molecule has 2 nitrogen and oxygen atoms in total. The van der Waals surface area contributed by atoms with Crippen LogP contribution in [0.4, 0.5) is 15.8 Å². The largest absolute Gasteiger partial charge is 0.381 e. The van der Waals surface area contributed by atoms with Crippen molar-refractivity contribution in [3.8, 4) is 0 Å². The first-order valence-electron chi connectivity index (χ1n) is 4.16. The van der Waals surface area contributed by atoms with Crippen LogP contribution < -0.4 is 10.6 Å². The predicted octanol–water partition coefficient (Wildman–Crippen LogP) is 2.71. The molecule has 0 radical (unpaired) electrons. The van der Waals surface area contributed by atoms with Gasteiger partial charge in [0, 0.05) is 18.7 Å². The zero-order valence-electron chi connectivity index (χ0n) is 7.20. The Morgan fingerprint density at radius 3 is 3.00 bits per heavy atom. The fourth-order valence-corrected chi connectivity index (χ4v) is 1.56. The molecule has 2 N–H and O–H groups in total. The molecule has 0 saturated carbocycles. The van der Waals surface area contributed by atoms with Gasteiger partial charge in [-0.3, -0.25) is 0 Å². The molecule has 1 unspecified atom stereocenters. The van der Waals surface area contributed by atoms with Gasteiger partial charge in [0.1, 0.15) is 5.82 Å². The maximum absolute atomic E-state index is 13.0. The highest BCUT2D eigenvalue weighted by molar-refractivity contribution is 6.31. The Hall–Kier alpha value is -0.960. The van der Waals surface area contributed by atoms with Crippen molar-refractivity contribution in [3.05, 3.63) is 23.0 Å². The van der Waals surface area contributed by atoms with E-state index in [0.29, 0.717) is 6.04 Å². The summed E-state index contributed by atoms with van der Waals surface area (Å²) < 4.78 is 13.0.